The van der Waals surface area contributed by atoms with Gasteiger partial charge in [0.05, 0.1) is 6.61 Å². The van der Waals surface area contributed by atoms with Crippen LogP contribution in [-0.4, -0.2) is 53.8 Å². The van der Waals surface area contributed by atoms with Crippen molar-refractivity contribution in [1.82, 2.24) is 4.90 Å². The Kier molecular flexibility index (Phi) is 5.97. The van der Waals surface area contributed by atoms with Crippen LogP contribution in [0.5, 0.6) is 5.75 Å². The maximum atomic E-state index is 14.1. The number of piperidine rings is 1. The van der Waals surface area contributed by atoms with Crippen molar-refractivity contribution in [3.8, 4) is 5.75 Å². The van der Waals surface area contributed by atoms with E-state index in [-0.39, 0.29) is 30.7 Å². The third-order valence-electron chi connectivity index (χ3n) is 6.26. The molecule has 1 N–H and O–H groups in total. The molecule has 1 aromatic rings. The summed E-state index contributed by atoms with van der Waals surface area (Å²) in [6.45, 7) is 6.55. The van der Waals surface area contributed by atoms with Crippen molar-refractivity contribution < 1.29 is 32.2 Å². The van der Waals surface area contributed by atoms with Gasteiger partial charge in [0.25, 0.3) is 0 Å². The Morgan fingerprint density at radius 1 is 1.17 bits per heavy atom. The lowest BCUT2D eigenvalue weighted by atomic mass is 9.73. The van der Waals surface area contributed by atoms with Crippen LogP contribution in [0, 0.1) is 17.7 Å². The number of alkyl halides is 3. The first-order valence-electron chi connectivity index (χ1n) is 10.2. The molecule has 168 valence electrons. The number of fused-ring (bicyclic) bond motifs is 1. The van der Waals surface area contributed by atoms with Gasteiger partial charge >= 0.3 is 6.18 Å². The van der Waals surface area contributed by atoms with E-state index in [2.05, 4.69) is 0 Å². The number of benzene rings is 1. The molecule has 3 rings (SSSR count). The molecule has 0 amide bonds. The van der Waals surface area contributed by atoms with Crippen LogP contribution in [0.15, 0.2) is 12.1 Å². The minimum atomic E-state index is -4.89. The summed E-state index contributed by atoms with van der Waals surface area (Å²) in [6, 6.07) is 2.54. The highest BCUT2D eigenvalue weighted by molar-refractivity contribution is 5.83. The Balaban J connectivity index is 1.91. The van der Waals surface area contributed by atoms with Crippen LogP contribution in [0.25, 0.3) is 0 Å². The number of hydrogen-bond acceptors (Lipinski definition) is 4. The number of nitrogens with zero attached hydrogens (tertiary/aromatic N) is 1. The fraction of sp³-hybridized carbons (Fsp3) is 0.682. The summed E-state index contributed by atoms with van der Waals surface area (Å²) in [5.74, 6) is -0.875. The van der Waals surface area contributed by atoms with Gasteiger partial charge in [0.2, 0.25) is 0 Å². The quantitative estimate of drug-likeness (QED) is 0.719. The smallest absolute Gasteiger partial charge is 0.418 e. The van der Waals surface area contributed by atoms with E-state index in [4.69, 9.17) is 4.74 Å². The predicted octanol–water partition coefficient (Wildman–Crippen LogP) is 3.88. The maximum Gasteiger partial charge on any atom is 0.418 e. The summed E-state index contributed by atoms with van der Waals surface area (Å²) in [4.78, 5) is 13.5. The zero-order chi connectivity index (χ0) is 22.5. The number of carbonyl (C=O) groups is 1. The lowest BCUT2D eigenvalue weighted by molar-refractivity contribution is -0.272. The van der Waals surface area contributed by atoms with E-state index < -0.39 is 36.0 Å². The first-order valence-corrected chi connectivity index (χ1v) is 10.2. The molecule has 1 saturated heterocycles. The molecular formula is C22H29F4NO3. The van der Waals surface area contributed by atoms with E-state index in [0.717, 1.165) is 0 Å². The van der Waals surface area contributed by atoms with Crippen molar-refractivity contribution >= 4 is 5.78 Å². The second-order valence-electron chi connectivity index (χ2n) is 9.53. The number of carbonyl (C=O) groups excluding carboxylic acids is 1. The van der Waals surface area contributed by atoms with E-state index >= 15 is 0 Å². The minimum absolute atomic E-state index is 0.0228. The van der Waals surface area contributed by atoms with Gasteiger partial charge in [0.15, 0.2) is 5.60 Å². The molecule has 0 aromatic heterocycles. The number of hydrogen-bond donors (Lipinski definition) is 1. The van der Waals surface area contributed by atoms with Crippen molar-refractivity contribution in [3.63, 3.8) is 0 Å². The highest BCUT2D eigenvalue weighted by atomic mass is 19.4. The standard InChI is InChI=1S/C22H29F4NO3/c1-13-9-27(10-14(2)18(13)28)12-21(29,22(24,25)26)11-20(3,4)17-8-16(23)7-15-5-6-30-19(15)17/h7-8,13-14,29H,5-6,9-12H2,1-4H3. The molecule has 0 saturated carbocycles. The molecule has 2 heterocycles. The molecule has 2 aliphatic rings. The normalized spacial score (nSPS) is 25.0. The molecule has 0 spiro atoms. The van der Waals surface area contributed by atoms with Gasteiger partial charge in [-0.25, -0.2) is 4.39 Å². The van der Waals surface area contributed by atoms with Crippen molar-refractivity contribution in [1.29, 1.82) is 0 Å². The molecule has 3 unspecified atom stereocenters. The summed E-state index contributed by atoms with van der Waals surface area (Å²) in [6.07, 6.45) is -5.05. The number of ether oxygens (including phenoxy) is 1. The average molecular weight is 431 g/mol. The predicted molar refractivity (Wildman–Crippen MR) is 104 cm³/mol. The molecule has 0 aliphatic carbocycles. The molecule has 1 aromatic carbocycles. The average Bonchev–Trinajstić information content (AvgIpc) is 3.05. The van der Waals surface area contributed by atoms with E-state index in [0.29, 0.717) is 29.9 Å². The van der Waals surface area contributed by atoms with Gasteiger partial charge in [-0.3, -0.25) is 9.69 Å². The minimum Gasteiger partial charge on any atom is -0.493 e. The van der Waals surface area contributed by atoms with Gasteiger partial charge in [0.1, 0.15) is 17.3 Å². The molecule has 8 heteroatoms. The molecule has 4 nitrogen and oxygen atoms in total. The van der Waals surface area contributed by atoms with E-state index in [1.54, 1.807) is 27.7 Å². The monoisotopic (exact) mass is 431 g/mol. The second-order valence-corrected chi connectivity index (χ2v) is 9.53. The number of aliphatic hydroxyl groups is 1. The largest absolute Gasteiger partial charge is 0.493 e. The molecular weight excluding hydrogens is 402 g/mol. The van der Waals surface area contributed by atoms with Crippen LogP contribution in [0.1, 0.15) is 45.2 Å². The lowest BCUT2D eigenvalue weighted by Crippen LogP contribution is -2.59. The Labute approximate surface area is 174 Å². The summed E-state index contributed by atoms with van der Waals surface area (Å²) in [5.41, 5.74) is -3.27. The van der Waals surface area contributed by atoms with Crippen LogP contribution in [0.3, 0.4) is 0 Å². The summed E-state index contributed by atoms with van der Waals surface area (Å²) >= 11 is 0. The van der Waals surface area contributed by atoms with Crippen molar-refractivity contribution in [2.45, 2.75) is 57.7 Å². The van der Waals surface area contributed by atoms with E-state index in [9.17, 15) is 27.5 Å². The highest BCUT2D eigenvalue weighted by Crippen LogP contribution is 2.46. The van der Waals surface area contributed by atoms with Crippen molar-refractivity contribution in [2.75, 3.05) is 26.2 Å². The third kappa shape index (κ3) is 4.35. The fourth-order valence-corrected chi connectivity index (χ4v) is 4.86. The Hall–Kier alpha value is -1.67. The van der Waals surface area contributed by atoms with Gasteiger partial charge < -0.3 is 9.84 Å². The van der Waals surface area contributed by atoms with Crippen LogP contribution < -0.4 is 4.74 Å². The Morgan fingerprint density at radius 2 is 1.77 bits per heavy atom. The van der Waals surface area contributed by atoms with Crippen LogP contribution in [0.2, 0.25) is 0 Å². The molecule has 1 fully saturated rings. The molecule has 3 atom stereocenters. The summed E-state index contributed by atoms with van der Waals surface area (Å²) < 4.78 is 62.0. The number of likely N-dealkylation sites (tertiary alicyclic amines) is 1. The van der Waals surface area contributed by atoms with E-state index in [1.165, 1.54) is 17.0 Å². The fourth-order valence-electron chi connectivity index (χ4n) is 4.86. The topological polar surface area (TPSA) is 49.8 Å². The van der Waals surface area contributed by atoms with Crippen LogP contribution >= 0.6 is 0 Å². The summed E-state index contributed by atoms with van der Waals surface area (Å²) in [7, 11) is 0. The van der Waals surface area contributed by atoms with Crippen molar-refractivity contribution in [2.24, 2.45) is 11.8 Å². The van der Waals surface area contributed by atoms with Gasteiger partial charge in [0, 0.05) is 49.0 Å². The molecule has 0 radical (unpaired) electrons. The maximum absolute atomic E-state index is 14.1. The first kappa shape index (κ1) is 23.0. The molecule has 30 heavy (non-hydrogen) atoms. The third-order valence-corrected chi connectivity index (χ3v) is 6.26. The van der Waals surface area contributed by atoms with Crippen molar-refractivity contribution in [3.05, 3.63) is 29.1 Å². The SMILES string of the molecule is CC1CN(CC(O)(CC(C)(C)c2cc(F)cc3c2OCC3)C(F)(F)F)CC(C)C1=O. The Bertz CT molecular complexity index is 809. The number of β-amino-alcohol motifs (C(OH)–C–C–N with tert-alkyl or cyclic N) is 1. The number of Topliss-reactive ketones (excluding diaryl/α,β-unsaturated/α-hetero) is 1. The Morgan fingerprint density at radius 3 is 2.33 bits per heavy atom. The number of rotatable bonds is 5. The zero-order valence-electron chi connectivity index (χ0n) is 17.8. The van der Waals surface area contributed by atoms with Gasteiger partial charge in [-0.05, 0) is 24.0 Å². The van der Waals surface area contributed by atoms with E-state index in [1.807, 2.05) is 0 Å². The van der Waals surface area contributed by atoms with Crippen LogP contribution in [-0.2, 0) is 16.6 Å². The number of ketones is 1. The van der Waals surface area contributed by atoms with Gasteiger partial charge in [-0.1, -0.05) is 27.7 Å². The van der Waals surface area contributed by atoms with Gasteiger partial charge in [-0.15, -0.1) is 0 Å². The zero-order valence-corrected chi connectivity index (χ0v) is 17.8. The second kappa shape index (κ2) is 7.79. The van der Waals surface area contributed by atoms with Crippen LogP contribution in [0.4, 0.5) is 17.6 Å². The first-order chi connectivity index (χ1) is 13.7. The summed E-state index contributed by atoms with van der Waals surface area (Å²) in [5, 5.41) is 10.9. The molecule has 2 aliphatic heterocycles. The highest BCUT2D eigenvalue weighted by Gasteiger charge is 2.57. The molecule has 0 bridgehead atoms. The number of halogens is 4. The van der Waals surface area contributed by atoms with Gasteiger partial charge in [-0.2, -0.15) is 13.2 Å². The lowest BCUT2D eigenvalue weighted by Gasteiger charge is -2.43.